The summed E-state index contributed by atoms with van der Waals surface area (Å²) in [6, 6.07) is 3.41. The molecule has 0 atom stereocenters. The number of benzene rings is 1. The summed E-state index contributed by atoms with van der Waals surface area (Å²) >= 11 is 5.61. The summed E-state index contributed by atoms with van der Waals surface area (Å²) in [7, 11) is -2.25. The lowest BCUT2D eigenvalue weighted by Gasteiger charge is -2.07. The van der Waals surface area contributed by atoms with Gasteiger partial charge in [-0.25, -0.2) is 13.1 Å². The molecule has 1 aromatic carbocycles. The fourth-order valence-corrected chi connectivity index (χ4v) is 2.60. The van der Waals surface area contributed by atoms with Crippen molar-refractivity contribution in [3.05, 3.63) is 33.3 Å². The van der Waals surface area contributed by atoms with Gasteiger partial charge in [-0.3, -0.25) is 10.1 Å². The summed E-state index contributed by atoms with van der Waals surface area (Å²) in [6.45, 7) is 0.555. The Kier molecular flexibility index (Phi) is 5.03. The predicted octanol–water partition coefficient (Wildman–Crippen LogP) is 0.746. The smallest absolute Gasteiger partial charge is 0.290 e. The predicted molar refractivity (Wildman–Crippen MR) is 67.2 cm³/mol. The van der Waals surface area contributed by atoms with Crippen LogP contribution >= 0.6 is 11.6 Å². The van der Waals surface area contributed by atoms with Crippen LogP contribution in [0.25, 0.3) is 0 Å². The van der Waals surface area contributed by atoms with E-state index in [1.54, 1.807) is 7.05 Å². The third-order valence-electron chi connectivity index (χ3n) is 2.07. The summed E-state index contributed by atoms with van der Waals surface area (Å²) in [5.74, 6) is 0. The van der Waals surface area contributed by atoms with E-state index in [4.69, 9.17) is 11.6 Å². The summed E-state index contributed by atoms with van der Waals surface area (Å²) in [5.41, 5.74) is -0.542. The Balaban J connectivity index is 3.12. The zero-order valence-electron chi connectivity index (χ0n) is 9.51. The topological polar surface area (TPSA) is 101 Å². The average Bonchev–Trinajstić information content (AvgIpc) is 2.28. The molecule has 0 saturated heterocycles. The number of likely N-dealkylation sites (N-methyl/N-ethyl adjacent to an activating group) is 1. The number of nitro groups is 1. The van der Waals surface area contributed by atoms with E-state index in [9.17, 15) is 18.5 Å². The number of nitro benzene ring substituents is 1. The molecular formula is C9H12ClN3O4S. The van der Waals surface area contributed by atoms with Crippen LogP contribution in [-0.4, -0.2) is 33.5 Å². The molecule has 0 saturated carbocycles. The van der Waals surface area contributed by atoms with Gasteiger partial charge in [-0.1, -0.05) is 11.6 Å². The Bertz CT molecular complexity index is 547. The van der Waals surface area contributed by atoms with Crippen molar-refractivity contribution in [3.63, 3.8) is 0 Å². The SMILES string of the molecule is CNCCNS(=O)(=O)c1ccc(Cl)cc1[N+](=O)[O-]. The highest BCUT2D eigenvalue weighted by atomic mass is 35.5. The molecule has 1 rings (SSSR count). The van der Waals surface area contributed by atoms with Gasteiger partial charge in [0.2, 0.25) is 10.0 Å². The first kappa shape index (κ1) is 14.8. The molecule has 0 amide bonds. The number of nitrogens with zero attached hydrogens (tertiary/aromatic N) is 1. The first-order chi connectivity index (χ1) is 8.38. The van der Waals surface area contributed by atoms with Gasteiger partial charge in [0.1, 0.15) is 0 Å². The van der Waals surface area contributed by atoms with Gasteiger partial charge in [0, 0.05) is 24.2 Å². The van der Waals surface area contributed by atoms with Gasteiger partial charge in [0.05, 0.1) is 4.92 Å². The van der Waals surface area contributed by atoms with Crippen LogP contribution in [-0.2, 0) is 10.0 Å². The van der Waals surface area contributed by atoms with E-state index in [-0.39, 0.29) is 11.6 Å². The minimum Gasteiger partial charge on any atom is -0.318 e. The molecule has 0 aromatic heterocycles. The molecule has 0 fully saturated rings. The van der Waals surface area contributed by atoms with Gasteiger partial charge in [0.15, 0.2) is 4.90 Å². The maximum absolute atomic E-state index is 11.9. The average molecular weight is 294 g/mol. The van der Waals surface area contributed by atoms with Crippen molar-refractivity contribution in [2.45, 2.75) is 4.90 Å². The lowest BCUT2D eigenvalue weighted by Crippen LogP contribution is -2.30. The maximum Gasteiger partial charge on any atom is 0.290 e. The summed E-state index contributed by atoms with van der Waals surface area (Å²) in [6.07, 6.45) is 0. The molecule has 0 bridgehead atoms. The summed E-state index contributed by atoms with van der Waals surface area (Å²) in [5, 5.41) is 13.7. The third kappa shape index (κ3) is 3.64. The Hall–Kier alpha value is -1.22. The first-order valence-corrected chi connectivity index (χ1v) is 6.83. The fraction of sp³-hybridized carbons (Fsp3) is 0.333. The minimum absolute atomic E-state index is 0.107. The van der Waals surface area contributed by atoms with E-state index in [1.807, 2.05) is 0 Å². The quantitative estimate of drug-likeness (QED) is 0.458. The molecule has 0 aliphatic rings. The summed E-state index contributed by atoms with van der Waals surface area (Å²) in [4.78, 5) is 9.62. The van der Waals surface area contributed by atoms with E-state index in [1.165, 1.54) is 6.07 Å². The maximum atomic E-state index is 11.9. The van der Waals surface area contributed by atoms with Crippen LogP contribution in [0.3, 0.4) is 0 Å². The second-order valence-corrected chi connectivity index (χ2v) is 5.54. The first-order valence-electron chi connectivity index (χ1n) is 4.96. The van der Waals surface area contributed by atoms with Gasteiger partial charge in [0.25, 0.3) is 5.69 Å². The van der Waals surface area contributed by atoms with Gasteiger partial charge < -0.3 is 5.32 Å². The molecular weight excluding hydrogens is 282 g/mol. The zero-order chi connectivity index (χ0) is 13.8. The van der Waals surface area contributed by atoms with Gasteiger partial charge in [-0.15, -0.1) is 0 Å². The molecule has 100 valence electrons. The minimum atomic E-state index is -3.92. The Morgan fingerprint density at radius 2 is 2.06 bits per heavy atom. The highest BCUT2D eigenvalue weighted by Crippen LogP contribution is 2.26. The largest absolute Gasteiger partial charge is 0.318 e. The van der Waals surface area contributed by atoms with Crippen molar-refractivity contribution in [1.82, 2.24) is 10.0 Å². The number of hydrogen-bond donors (Lipinski definition) is 2. The molecule has 0 unspecified atom stereocenters. The number of nitrogens with one attached hydrogen (secondary N) is 2. The lowest BCUT2D eigenvalue weighted by molar-refractivity contribution is -0.387. The Labute approximate surface area is 109 Å². The van der Waals surface area contributed by atoms with Crippen molar-refractivity contribution in [2.75, 3.05) is 20.1 Å². The molecule has 1 aromatic rings. The van der Waals surface area contributed by atoms with E-state index in [2.05, 4.69) is 10.0 Å². The second-order valence-electron chi connectivity index (χ2n) is 3.37. The van der Waals surface area contributed by atoms with Crippen LogP contribution in [0.5, 0.6) is 0 Å². The molecule has 0 aliphatic heterocycles. The lowest BCUT2D eigenvalue weighted by atomic mass is 10.3. The molecule has 0 aliphatic carbocycles. The zero-order valence-corrected chi connectivity index (χ0v) is 11.1. The molecule has 0 spiro atoms. The van der Waals surface area contributed by atoms with Crippen molar-refractivity contribution < 1.29 is 13.3 Å². The molecule has 0 radical (unpaired) electrons. The molecule has 18 heavy (non-hydrogen) atoms. The monoisotopic (exact) mass is 293 g/mol. The second kappa shape index (κ2) is 6.10. The van der Waals surface area contributed by atoms with Crippen molar-refractivity contribution in [1.29, 1.82) is 0 Å². The number of rotatable bonds is 6. The van der Waals surface area contributed by atoms with Crippen LogP contribution in [0, 0.1) is 10.1 Å². The highest BCUT2D eigenvalue weighted by molar-refractivity contribution is 7.89. The Morgan fingerprint density at radius 3 is 2.61 bits per heavy atom. The molecule has 0 heterocycles. The van der Waals surface area contributed by atoms with Gasteiger partial charge in [-0.2, -0.15) is 0 Å². The van der Waals surface area contributed by atoms with Crippen molar-refractivity contribution in [3.8, 4) is 0 Å². The third-order valence-corrected chi connectivity index (χ3v) is 3.82. The highest BCUT2D eigenvalue weighted by Gasteiger charge is 2.25. The van der Waals surface area contributed by atoms with Crippen LogP contribution < -0.4 is 10.0 Å². The van der Waals surface area contributed by atoms with Crippen LogP contribution in [0.2, 0.25) is 5.02 Å². The summed E-state index contributed by atoms with van der Waals surface area (Å²) < 4.78 is 26.0. The Morgan fingerprint density at radius 1 is 1.39 bits per heavy atom. The number of sulfonamides is 1. The van der Waals surface area contributed by atoms with Crippen LogP contribution in [0.15, 0.2) is 23.1 Å². The van der Waals surface area contributed by atoms with E-state index in [0.717, 1.165) is 12.1 Å². The van der Waals surface area contributed by atoms with Gasteiger partial charge >= 0.3 is 0 Å². The van der Waals surface area contributed by atoms with E-state index >= 15 is 0 Å². The normalized spacial score (nSPS) is 11.4. The number of halogens is 1. The standard InChI is InChI=1S/C9H12ClN3O4S/c1-11-4-5-12-18(16,17)9-3-2-7(10)6-8(9)13(14)15/h2-3,6,11-12H,4-5H2,1H3. The van der Waals surface area contributed by atoms with Crippen LogP contribution in [0.1, 0.15) is 0 Å². The van der Waals surface area contributed by atoms with E-state index < -0.39 is 25.5 Å². The van der Waals surface area contributed by atoms with E-state index in [0.29, 0.717) is 6.54 Å². The molecule has 2 N–H and O–H groups in total. The van der Waals surface area contributed by atoms with Gasteiger partial charge in [-0.05, 0) is 19.2 Å². The van der Waals surface area contributed by atoms with Crippen molar-refractivity contribution in [2.24, 2.45) is 0 Å². The fourth-order valence-electron chi connectivity index (χ4n) is 1.25. The molecule has 9 heteroatoms. The van der Waals surface area contributed by atoms with Crippen molar-refractivity contribution >= 4 is 27.3 Å². The molecule has 7 nitrogen and oxygen atoms in total. The number of hydrogen-bond acceptors (Lipinski definition) is 5. The van der Waals surface area contributed by atoms with Crippen LogP contribution in [0.4, 0.5) is 5.69 Å².